The second-order valence-electron chi connectivity index (χ2n) is 6.26. The molecule has 1 heterocycles. The highest BCUT2D eigenvalue weighted by Gasteiger charge is 2.12. The molecule has 140 valence electrons. The van der Waals surface area contributed by atoms with Crippen molar-refractivity contribution in [1.82, 2.24) is 10.1 Å². The number of hydrogen-bond donors (Lipinski definition) is 0. The van der Waals surface area contributed by atoms with E-state index in [-0.39, 0.29) is 19.1 Å². The molecule has 0 amide bonds. The molecule has 0 spiro atoms. The standard InChI is InChI=1S/C21H22N2O4/c1-4-16-6-8-17(9-7-16)21-22-19(27-23-21)12-26-20(24)13-25-18-10-5-14(2)15(3)11-18/h5-11H,4,12-13H2,1-3H3. The molecule has 0 fully saturated rings. The first-order chi connectivity index (χ1) is 13.0. The number of aromatic nitrogens is 2. The van der Waals surface area contributed by atoms with Crippen molar-refractivity contribution >= 4 is 5.97 Å². The molecule has 6 heteroatoms. The van der Waals surface area contributed by atoms with E-state index in [1.54, 1.807) is 0 Å². The molecular formula is C21H22N2O4. The minimum atomic E-state index is -0.500. The van der Waals surface area contributed by atoms with E-state index in [1.807, 2.05) is 56.3 Å². The molecule has 1 aromatic heterocycles. The second kappa shape index (κ2) is 8.49. The van der Waals surface area contributed by atoms with Crippen LogP contribution < -0.4 is 4.74 Å². The Labute approximate surface area is 158 Å². The monoisotopic (exact) mass is 366 g/mol. The van der Waals surface area contributed by atoms with Crippen LogP contribution in [0.2, 0.25) is 0 Å². The quantitative estimate of drug-likeness (QED) is 0.588. The number of rotatable bonds is 7. The average molecular weight is 366 g/mol. The smallest absolute Gasteiger partial charge is 0.344 e. The van der Waals surface area contributed by atoms with Gasteiger partial charge in [0.1, 0.15) is 5.75 Å². The summed E-state index contributed by atoms with van der Waals surface area (Å²) in [6.45, 7) is 5.84. The third-order valence-corrected chi connectivity index (χ3v) is 4.28. The lowest BCUT2D eigenvalue weighted by molar-refractivity contribution is -0.148. The van der Waals surface area contributed by atoms with E-state index < -0.39 is 5.97 Å². The van der Waals surface area contributed by atoms with Crippen molar-refractivity contribution < 1.29 is 18.8 Å². The van der Waals surface area contributed by atoms with Crippen molar-refractivity contribution in [3.63, 3.8) is 0 Å². The summed E-state index contributed by atoms with van der Waals surface area (Å²) in [5, 5.41) is 3.92. The number of hydrogen-bond acceptors (Lipinski definition) is 6. The summed E-state index contributed by atoms with van der Waals surface area (Å²) in [4.78, 5) is 16.1. The Hall–Kier alpha value is -3.15. The van der Waals surface area contributed by atoms with Crippen molar-refractivity contribution in [1.29, 1.82) is 0 Å². The molecule has 2 aromatic carbocycles. The molecule has 0 saturated heterocycles. The number of carbonyl (C=O) groups excluding carboxylic acids is 1. The van der Waals surface area contributed by atoms with Crippen LogP contribution in [-0.4, -0.2) is 22.7 Å². The van der Waals surface area contributed by atoms with E-state index >= 15 is 0 Å². The molecule has 0 bridgehead atoms. The molecule has 0 atom stereocenters. The van der Waals surface area contributed by atoms with Crippen LogP contribution in [0.3, 0.4) is 0 Å². The van der Waals surface area contributed by atoms with Gasteiger partial charge in [0, 0.05) is 5.56 Å². The summed E-state index contributed by atoms with van der Waals surface area (Å²) in [5.41, 5.74) is 4.36. The van der Waals surface area contributed by atoms with Gasteiger partial charge in [-0.3, -0.25) is 0 Å². The Morgan fingerprint density at radius 1 is 1.07 bits per heavy atom. The number of aryl methyl sites for hydroxylation is 3. The molecule has 0 radical (unpaired) electrons. The lowest BCUT2D eigenvalue weighted by Gasteiger charge is -2.07. The fraction of sp³-hybridized carbons (Fsp3) is 0.286. The molecule has 0 aliphatic carbocycles. The van der Waals surface area contributed by atoms with Gasteiger partial charge in [-0.05, 0) is 49.1 Å². The zero-order valence-corrected chi connectivity index (χ0v) is 15.7. The van der Waals surface area contributed by atoms with E-state index in [0.29, 0.717) is 11.6 Å². The SMILES string of the molecule is CCc1ccc(-c2noc(COC(=O)COc3ccc(C)c(C)c3)n2)cc1. The van der Waals surface area contributed by atoms with E-state index in [4.69, 9.17) is 14.0 Å². The van der Waals surface area contributed by atoms with Gasteiger partial charge in [-0.1, -0.05) is 42.4 Å². The lowest BCUT2D eigenvalue weighted by Crippen LogP contribution is -2.15. The van der Waals surface area contributed by atoms with Gasteiger partial charge in [0.2, 0.25) is 5.82 Å². The van der Waals surface area contributed by atoms with Crippen LogP contribution in [0.25, 0.3) is 11.4 Å². The Balaban J connectivity index is 1.50. The Morgan fingerprint density at radius 3 is 2.56 bits per heavy atom. The summed E-state index contributed by atoms with van der Waals surface area (Å²) in [5.74, 6) is 0.838. The largest absolute Gasteiger partial charge is 0.482 e. The maximum Gasteiger partial charge on any atom is 0.344 e. The molecule has 0 aliphatic heterocycles. The van der Waals surface area contributed by atoms with Crippen molar-refractivity contribution in [3.05, 3.63) is 65.0 Å². The third kappa shape index (κ3) is 4.94. The minimum Gasteiger partial charge on any atom is -0.482 e. The fourth-order valence-electron chi connectivity index (χ4n) is 2.45. The Kier molecular flexibility index (Phi) is 5.86. The third-order valence-electron chi connectivity index (χ3n) is 4.28. The van der Waals surface area contributed by atoms with E-state index in [2.05, 4.69) is 17.1 Å². The average Bonchev–Trinajstić information content (AvgIpc) is 3.16. The highest BCUT2D eigenvalue weighted by atomic mass is 16.6. The van der Waals surface area contributed by atoms with Crippen LogP contribution in [0.5, 0.6) is 5.75 Å². The van der Waals surface area contributed by atoms with Crippen LogP contribution in [0, 0.1) is 13.8 Å². The fourth-order valence-corrected chi connectivity index (χ4v) is 2.45. The second-order valence-corrected chi connectivity index (χ2v) is 6.26. The molecule has 3 rings (SSSR count). The van der Waals surface area contributed by atoms with Crippen molar-refractivity contribution in [2.75, 3.05) is 6.61 Å². The molecule has 0 unspecified atom stereocenters. The first-order valence-corrected chi connectivity index (χ1v) is 8.82. The molecular weight excluding hydrogens is 344 g/mol. The number of benzene rings is 2. The predicted octanol–water partition coefficient (Wildman–Crippen LogP) is 4.04. The van der Waals surface area contributed by atoms with Gasteiger partial charge in [-0.15, -0.1) is 0 Å². The van der Waals surface area contributed by atoms with Crippen LogP contribution in [0.1, 0.15) is 29.5 Å². The predicted molar refractivity (Wildman–Crippen MR) is 100 cm³/mol. The summed E-state index contributed by atoms with van der Waals surface area (Å²) in [7, 11) is 0. The van der Waals surface area contributed by atoms with Gasteiger partial charge >= 0.3 is 5.97 Å². The zero-order valence-electron chi connectivity index (χ0n) is 15.7. The van der Waals surface area contributed by atoms with Crippen molar-refractivity contribution in [2.24, 2.45) is 0 Å². The van der Waals surface area contributed by atoms with Gasteiger partial charge in [-0.2, -0.15) is 4.98 Å². The first kappa shape index (κ1) is 18.6. The van der Waals surface area contributed by atoms with Gasteiger partial charge in [0.25, 0.3) is 5.89 Å². The van der Waals surface area contributed by atoms with E-state index in [9.17, 15) is 4.79 Å². The Morgan fingerprint density at radius 2 is 1.85 bits per heavy atom. The molecule has 0 aliphatic rings. The summed E-state index contributed by atoms with van der Waals surface area (Å²) < 4.78 is 15.7. The molecule has 0 N–H and O–H groups in total. The van der Waals surface area contributed by atoms with Crippen LogP contribution >= 0.6 is 0 Å². The molecule has 6 nitrogen and oxygen atoms in total. The topological polar surface area (TPSA) is 74.5 Å². The van der Waals surface area contributed by atoms with Crippen LogP contribution in [-0.2, 0) is 22.6 Å². The highest BCUT2D eigenvalue weighted by molar-refractivity contribution is 5.71. The first-order valence-electron chi connectivity index (χ1n) is 8.82. The van der Waals surface area contributed by atoms with E-state index in [0.717, 1.165) is 17.5 Å². The Bertz CT molecular complexity index is 916. The van der Waals surface area contributed by atoms with Gasteiger partial charge in [-0.25, -0.2) is 4.79 Å². The summed E-state index contributed by atoms with van der Waals surface area (Å²) >= 11 is 0. The number of nitrogens with zero attached hydrogens (tertiary/aromatic N) is 2. The number of esters is 1. The van der Waals surface area contributed by atoms with E-state index in [1.165, 1.54) is 11.1 Å². The molecule has 27 heavy (non-hydrogen) atoms. The lowest BCUT2D eigenvalue weighted by atomic mass is 10.1. The van der Waals surface area contributed by atoms with Gasteiger partial charge in [0.15, 0.2) is 13.2 Å². The van der Waals surface area contributed by atoms with Crippen LogP contribution in [0.4, 0.5) is 0 Å². The van der Waals surface area contributed by atoms with Gasteiger partial charge < -0.3 is 14.0 Å². The molecule has 0 saturated carbocycles. The van der Waals surface area contributed by atoms with Crippen molar-refractivity contribution in [2.45, 2.75) is 33.8 Å². The summed E-state index contributed by atoms with van der Waals surface area (Å²) in [6.07, 6.45) is 0.970. The number of ether oxygens (including phenoxy) is 2. The number of carbonyl (C=O) groups is 1. The van der Waals surface area contributed by atoms with Crippen molar-refractivity contribution in [3.8, 4) is 17.1 Å². The van der Waals surface area contributed by atoms with Gasteiger partial charge in [0.05, 0.1) is 0 Å². The van der Waals surface area contributed by atoms with Crippen LogP contribution in [0.15, 0.2) is 47.0 Å². The minimum absolute atomic E-state index is 0.0881. The summed E-state index contributed by atoms with van der Waals surface area (Å²) in [6, 6.07) is 13.6. The highest BCUT2D eigenvalue weighted by Crippen LogP contribution is 2.18. The maximum atomic E-state index is 11.9. The normalized spacial score (nSPS) is 10.6. The maximum absolute atomic E-state index is 11.9. The molecule has 3 aromatic rings. The zero-order chi connectivity index (χ0) is 19.2.